The minimum atomic E-state index is -1.04. The fourth-order valence-corrected chi connectivity index (χ4v) is 4.22. The number of aromatic nitrogens is 1. The van der Waals surface area contributed by atoms with E-state index in [1.165, 1.54) is 11.8 Å². The van der Waals surface area contributed by atoms with Gasteiger partial charge in [0.05, 0.1) is 11.1 Å². The van der Waals surface area contributed by atoms with Gasteiger partial charge >= 0.3 is 5.97 Å². The van der Waals surface area contributed by atoms with Gasteiger partial charge in [-0.15, -0.1) is 0 Å². The molecule has 2 N–H and O–H groups in total. The van der Waals surface area contributed by atoms with Crippen LogP contribution in [0.4, 0.5) is 5.69 Å². The van der Waals surface area contributed by atoms with E-state index >= 15 is 0 Å². The van der Waals surface area contributed by atoms with Crippen LogP contribution in [0.1, 0.15) is 61.6 Å². The van der Waals surface area contributed by atoms with Gasteiger partial charge in [-0.05, 0) is 63.3 Å². The highest BCUT2D eigenvalue weighted by atomic mass is 16.4. The van der Waals surface area contributed by atoms with Crippen molar-refractivity contribution in [2.45, 2.75) is 57.9 Å². The first-order valence-electron chi connectivity index (χ1n) is 9.02. The van der Waals surface area contributed by atoms with Gasteiger partial charge in [-0.2, -0.15) is 0 Å². The molecule has 1 atom stereocenters. The van der Waals surface area contributed by atoms with Gasteiger partial charge in [-0.25, -0.2) is 4.79 Å². The molecule has 1 aliphatic heterocycles. The number of rotatable bonds is 2. The fraction of sp³-hybridized carbons (Fsp3) is 0.450. The van der Waals surface area contributed by atoms with Crippen LogP contribution in [-0.2, 0) is 21.4 Å². The predicted molar refractivity (Wildman–Crippen MR) is 97.8 cm³/mol. The summed E-state index contributed by atoms with van der Waals surface area (Å²) in [5.41, 5.74) is 3.14. The highest BCUT2D eigenvalue weighted by Gasteiger charge is 2.47. The number of benzene rings is 1. The van der Waals surface area contributed by atoms with Crippen LogP contribution in [0.5, 0.6) is 0 Å². The molecule has 4 rings (SSSR count). The second kappa shape index (κ2) is 5.43. The average molecular weight is 354 g/mol. The molecule has 6 nitrogen and oxygen atoms in total. The van der Waals surface area contributed by atoms with Crippen LogP contribution in [0, 0.1) is 0 Å². The molecule has 0 radical (unpaired) electrons. The van der Waals surface area contributed by atoms with Crippen LogP contribution in [0.15, 0.2) is 12.1 Å². The van der Waals surface area contributed by atoms with Crippen molar-refractivity contribution in [1.82, 2.24) is 4.98 Å². The molecule has 6 heteroatoms. The van der Waals surface area contributed by atoms with Gasteiger partial charge < -0.3 is 10.1 Å². The third-order valence-electron chi connectivity index (χ3n) is 5.81. The number of aryl methyl sites for hydroxylation is 1. The largest absolute Gasteiger partial charge is 0.480 e. The number of H-pyrrole nitrogens is 1. The van der Waals surface area contributed by atoms with Crippen LogP contribution < -0.4 is 4.90 Å². The third kappa shape index (κ3) is 2.14. The lowest BCUT2D eigenvalue weighted by molar-refractivity contribution is -0.139. The number of anilines is 1. The van der Waals surface area contributed by atoms with Gasteiger partial charge in [-0.3, -0.25) is 14.5 Å². The van der Waals surface area contributed by atoms with Gasteiger partial charge in [0.25, 0.3) is 0 Å². The van der Waals surface area contributed by atoms with Gasteiger partial charge in [0, 0.05) is 23.0 Å². The Kier molecular flexibility index (Phi) is 3.51. The van der Waals surface area contributed by atoms with Crippen molar-refractivity contribution in [2.24, 2.45) is 0 Å². The van der Waals surface area contributed by atoms with E-state index in [2.05, 4.69) is 4.98 Å². The second-order valence-corrected chi connectivity index (χ2v) is 7.84. The highest BCUT2D eigenvalue weighted by Crippen LogP contribution is 2.45. The standard InChI is InChI=1S/C20H22N2O4/c1-10(18(24)25)22-15-8-12-11-6-4-5-7-16(23)17(11)21-14(12)9-13(15)20(2,3)19(22)26/h8-10,21H,4-7H2,1-3H3,(H,24,25). The summed E-state index contributed by atoms with van der Waals surface area (Å²) in [6.07, 6.45) is 3.18. The van der Waals surface area contributed by atoms with Crippen molar-refractivity contribution in [3.63, 3.8) is 0 Å². The number of Topliss-reactive ketones (excluding diaryl/α,β-unsaturated/α-hetero) is 1. The Balaban J connectivity index is 1.98. The first kappa shape index (κ1) is 16.8. The Morgan fingerprint density at radius 1 is 1.23 bits per heavy atom. The second-order valence-electron chi connectivity index (χ2n) is 7.84. The van der Waals surface area contributed by atoms with Crippen LogP contribution in [0.25, 0.3) is 10.9 Å². The summed E-state index contributed by atoms with van der Waals surface area (Å²) >= 11 is 0. The van der Waals surface area contributed by atoms with Crippen molar-refractivity contribution in [3.05, 3.63) is 29.0 Å². The van der Waals surface area contributed by atoms with Crippen molar-refractivity contribution < 1.29 is 19.5 Å². The van der Waals surface area contributed by atoms with E-state index in [4.69, 9.17) is 0 Å². The van der Waals surface area contributed by atoms with E-state index in [9.17, 15) is 19.5 Å². The Labute approximate surface area is 151 Å². The zero-order chi connectivity index (χ0) is 18.8. The summed E-state index contributed by atoms with van der Waals surface area (Å²) in [7, 11) is 0. The van der Waals surface area contributed by atoms with Crippen molar-refractivity contribution in [3.8, 4) is 0 Å². The van der Waals surface area contributed by atoms with Crippen molar-refractivity contribution in [2.75, 3.05) is 4.90 Å². The molecule has 2 aliphatic rings. The van der Waals surface area contributed by atoms with Gasteiger partial charge in [0.15, 0.2) is 5.78 Å². The number of amides is 1. The third-order valence-corrected chi connectivity index (χ3v) is 5.81. The maximum absolute atomic E-state index is 12.9. The zero-order valence-corrected chi connectivity index (χ0v) is 15.2. The number of hydrogen-bond donors (Lipinski definition) is 2. The van der Waals surface area contributed by atoms with Crippen molar-refractivity contribution in [1.29, 1.82) is 0 Å². The molecule has 1 aromatic heterocycles. The quantitative estimate of drug-likeness (QED) is 0.811. The molecule has 1 aliphatic carbocycles. The van der Waals surface area contributed by atoms with Gasteiger partial charge in [0.1, 0.15) is 6.04 Å². The van der Waals surface area contributed by atoms with E-state index in [1.807, 2.05) is 26.0 Å². The lowest BCUT2D eigenvalue weighted by atomic mass is 9.85. The van der Waals surface area contributed by atoms with Crippen LogP contribution in [-0.4, -0.2) is 33.8 Å². The molecule has 0 saturated heterocycles. The highest BCUT2D eigenvalue weighted by molar-refractivity contribution is 6.13. The molecule has 0 bridgehead atoms. The first-order valence-corrected chi connectivity index (χ1v) is 9.02. The normalized spacial score (nSPS) is 20.0. The summed E-state index contributed by atoms with van der Waals surface area (Å²) in [5, 5.41) is 10.4. The van der Waals surface area contributed by atoms with E-state index in [1.54, 1.807) is 0 Å². The number of hydrogen-bond acceptors (Lipinski definition) is 3. The Morgan fingerprint density at radius 3 is 2.62 bits per heavy atom. The average Bonchev–Trinajstić information content (AvgIpc) is 2.95. The molecule has 2 aromatic rings. The number of aromatic amines is 1. The Bertz CT molecular complexity index is 970. The number of carboxylic acids is 1. The molecule has 26 heavy (non-hydrogen) atoms. The number of nitrogens with zero attached hydrogens (tertiary/aromatic N) is 1. The number of carboxylic acid groups (broad SMARTS) is 1. The SMILES string of the molecule is CC(C(=O)O)N1C(=O)C(C)(C)c2cc3[nH]c4c(c3cc21)CCCCC4=O. The molecule has 0 spiro atoms. The van der Waals surface area contributed by atoms with Crippen molar-refractivity contribution >= 4 is 34.3 Å². The summed E-state index contributed by atoms with van der Waals surface area (Å²) in [5.74, 6) is -1.12. The molecule has 1 unspecified atom stereocenters. The van der Waals surface area contributed by atoms with E-state index < -0.39 is 17.4 Å². The number of aliphatic carboxylic acids is 1. The molecule has 0 saturated carbocycles. The van der Waals surface area contributed by atoms with Crippen LogP contribution in [0.3, 0.4) is 0 Å². The van der Waals surface area contributed by atoms with Gasteiger partial charge in [-0.1, -0.05) is 0 Å². The molecule has 1 aromatic carbocycles. The molecule has 1 amide bonds. The lowest BCUT2D eigenvalue weighted by Gasteiger charge is -2.24. The molecule has 0 fully saturated rings. The number of nitrogens with one attached hydrogen (secondary N) is 1. The van der Waals surface area contributed by atoms with Gasteiger partial charge in [0.2, 0.25) is 5.91 Å². The summed E-state index contributed by atoms with van der Waals surface area (Å²) < 4.78 is 0. The fourth-order valence-electron chi connectivity index (χ4n) is 4.22. The maximum Gasteiger partial charge on any atom is 0.326 e. The maximum atomic E-state index is 12.9. The smallest absolute Gasteiger partial charge is 0.326 e. The zero-order valence-electron chi connectivity index (χ0n) is 15.2. The number of fused-ring (bicyclic) bond motifs is 4. The minimum absolute atomic E-state index is 0.125. The van der Waals surface area contributed by atoms with E-state index in [-0.39, 0.29) is 11.7 Å². The topological polar surface area (TPSA) is 90.5 Å². The predicted octanol–water partition coefficient (Wildman–Crippen LogP) is 3.17. The van der Waals surface area contributed by atoms with E-state index in [0.717, 1.165) is 41.3 Å². The monoisotopic (exact) mass is 354 g/mol. The Morgan fingerprint density at radius 2 is 1.92 bits per heavy atom. The molecular weight excluding hydrogens is 332 g/mol. The molecular formula is C20H22N2O4. The number of carbonyl (C=O) groups excluding carboxylic acids is 2. The molecule has 136 valence electrons. The summed E-state index contributed by atoms with van der Waals surface area (Å²) in [6, 6.07) is 2.86. The van der Waals surface area contributed by atoms with Crippen LogP contribution >= 0.6 is 0 Å². The number of carbonyl (C=O) groups is 3. The Hall–Kier alpha value is -2.63. The minimum Gasteiger partial charge on any atom is -0.480 e. The van der Waals surface area contributed by atoms with E-state index in [0.29, 0.717) is 17.8 Å². The number of ketones is 1. The lowest BCUT2D eigenvalue weighted by Crippen LogP contribution is -2.45. The van der Waals surface area contributed by atoms with Crippen LogP contribution in [0.2, 0.25) is 0 Å². The molecule has 2 heterocycles. The first-order chi connectivity index (χ1) is 12.2. The summed E-state index contributed by atoms with van der Waals surface area (Å²) in [6.45, 7) is 5.15. The summed E-state index contributed by atoms with van der Waals surface area (Å²) in [4.78, 5) is 41.5.